The Labute approximate surface area is 151 Å². The molecule has 25 heavy (non-hydrogen) atoms. The van der Waals surface area contributed by atoms with Crippen molar-refractivity contribution >= 4 is 27.8 Å². The Hall–Kier alpha value is -2.66. The van der Waals surface area contributed by atoms with Crippen LogP contribution in [0.5, 0.6) is 0 Å². The summed E-state index contributed by atoms with van der Waals surface area (Å²) in [6, 6.07) is 10.6. The minimum atomic E-state index is 0.892. The van der Waals surface area contributed by atoms with E-state index >= 15 is 0 Å². The molecule has 0 fully saturated rings. The number of imidazole rings is 1. The second kappa shape index (κ2) is 6.01. The summed E-state index contributed by atoms with van der Waals surface area (Å²) >= 11 is 1.61. The molecule has 1 N–H and O–H groups in total. The zero-order valence-corrected chi connectivity index (χ0v) is 15.6. The van der Waals surface area contributed by atoms with Gasteiger partial charge in [-0.1, -0.05) is 17.7 Å². The van der Waals surface area contributed by atoms with Gasteiger partial charge < -0.3 is 5.32 Å². The number of hydrogen-bond donors (Lipinski definition) is 1. The number of aromatic nitrogens is 3. The molecule has 0 saturated carbocycles. The first-order valence-electron chi connectivity index (χ1n) is 8.27. The minimum Gasteiger partial charge on any atom is -0.331 e. The molecule has 0 saturated heterocycles. The average Bonchev–Trinajstić information content (AvgIpc) is 3.12. The lowest BCUT2D eigenvalue weighted by atomic mass is 10.1. The number of benzene rings is 1. The molecular weight excluding hydrogens is 328 g/mol. The maximum atomic E-state index is 4.79. The topological polar surface area (TPSA) is 42.2 Å². The molecule has 0 aliphatic heterocycles. The molecular formula is C20H20N4S. The molecule has 0 amide bonds. The number of nitrogens with one attached hydrogen (secondary N) is 1. The van der Waals surface area contributed by atoms with E-state index in [1.54, 1.807) is 11.3 Å². The number of aryl methyl sites for hydroxylation is 4. The van der Waals surface area contributed by atoms with Gasteiger partial charge in [0, 0.05) is 17.3 Å². The van der Waals surface area contributed by atoms with E-state index in [-0.39, 0.29) is 0 Å². The molecule has 3 heterocycles. The molecule has 4 aromatic rings. The number of thiazole rings is 1. The van der Waals surface area contributed by atoms with Gasteiger partial charge >= 0.3 is 0 Å². The zero-order valence-electron chi connectivity index (χ0n) is 14.8. The SMILES string of the molecule is Cc1ccc(Nc2nc(-c3c(C)nc4cc(C)ccn34)cs2)c(C)c1. The van der Waals surface area contributed by atoms with E-state index in [0.717, 1.165) is 33.5 Å². The van der Waals surface area contributed by atoms with E-state index in [1.807, 2.05) is 6.92 Å². The van der Waals surface area contributed by atoms with Gasteiger partial charge in [0.1, 0.15) is 11.3 Å². The third-order valence-corrected chi connectivity index (χ3v) is 5.08. The predicted octanol–water partition coefficient (Wildman–Crippen LogP) is 5.44. The summed E-state index contributed by atoms with van der Waals surface area (Å²) in [6.45, 7) is 8.33. The molecule has 0 radical (unpaired) electrons. The summed E-state index contributed by atoms with van der Waals surface area (Å²) in [7, 11) is 0. The summed E-state index contributed by atoms with van der Waals surface area (Å²) < 4.78 is 2.11. The lowest BCUT2D eigenvalue weighted by molar-refractivity contribution is 1.16. The van der Waals surface area contributed by atoms with Crippen molar-refractivity contribution in [2.24, 2.45) is 0 Å². The molecule has 0 bridgehead atoms. The summed E-state index contributed by atoms with van der Waals surface area (Å²) in [5.74, 6) is 0. The van der Waals surface area contributed by atoms with Gasteiger partial charge in [-0.3, -0.25) is 4.40 Å². The van der Waals surface area contributed by atoms with Crippen LogP contribution in [0, 0.1) is 27.7 Å². The first kappa shape index (κ1) is 15.8. The molecule has 126 valence electrons. The lowest BCUT2D eigenvalue weighted by Crippen LogP contribution is -1.94. The van der Waals surface area contributed by atoms with E-state index in [4.69, 9.17) is 4.98 Å². The largest absolute Gasteiger partial charge is 0.331 e. The van der Waals surface area contributed by atoms with Crippen LogP contribution in [0.4, 0.5) is 10.8 Å². The van der Waals surface area contributed by atoms with Gasteiger partial charge in [0.2, 0.25) is 0 Å². The van der Waals surface area contributed by atoms with Crippen molar-refractivity contribution in [3.63, 3.8) is 0 Å². The Morgan fingerprint density at radius 3 is 2.56 bits per heavy atom. The van der Waals surface area contributed by atoms with Gasteiger partial charge in [-0.05, 0) is 57.0 Å². The summed E-state index contributed by atoms with van der Waals surface area (Å²) in [6.07, 6.45) is 2.07. The molecule has 3 aromatic heterocycles. The lowest BCUT2D eigenvalue weighted by Gasteiger charge is -2.07. The average molecular weight is 348 g/mol. The second-order valence-corrected chi connectivity index (χ2v) is 7.32. The third kappa shape index (κ3) is 2.91. The Morgan fingerprint density at radius 2 is 1.76 bits per heavy atom. The first-order chi connectivity index (χ1) is 12.0. The van der Waals surface area contributed by atoms with E-state index in [0.29, 0.717) is 0 Å². The van der Waals surface area contributed by atoms with Crippen LogP contribution in [0.3, 0.4) is 0 Å². The Balaban J connectivity index is 1.71. The van der Waals surface area contributed by atoms with Crippen molar-refractivity contribution < 1.29 is 0 Å². The van der Waals surface area contributed by atoms with Crippen LogP contribution in [0.2, 0.25) is 0 Å². The van der Waals surface area contributed by atoms with Crippen molar-refractivity contribution in [2.45, 2.75) is 27.7 Å². The highest BCUT2D eigenvalue weighted by Gasteiger charge is 2.14. The smallest absolute Gasteiger partial charge is 0.187 e. The van der Waals surface area contributed by atoms with Gasteiger partial charge in [-0.25, -0.2) is 9.97 Å². The fraction of sp³-hybridized carbons (Fsp3) is 0.200. The molecule has 0 aliphatic carbocycles. The summed E-state index contributed by atoms with van der Waals surface area (Å²) in [5.41, 5.74) is 8.75. The Kier molecular flexibility index (Phi) is 3.81. The van der Waals surface area contributed by atoms with Crippen LogP contribution in [-0.2, 0) is 0 Å². The molecule has 4 nitrogen and oxygen atoms in total. The first-order valence-corrected chi connectivity index (χ1v) is 9.15. The van der Waals surface area contributed by atoms with E-state index in [1.165, 1.54) is 16.7 Å². The fourth-order valence-electron chi connectivity index (χ4n) is 3.08. The molecule has 0 atom stereocenters. The monoisotopic (exact) mass is 348 g/mol. The molecule has 4 rings (SSSR count). The third-order valence-electron chi connectivity index (χ3n) is 4.33. The molecule has 5 heteroatoms. The minimum absolute atomic E-state index is 0.892. The fourth-order valence-corrected chi connectivity index (χ4v) is 3.79. The number of nitrogens with zero attached hydrogens (tertiary/aromatic N) is 3. The van der Waals surface area contributed by atoms with Crippen LogP contribution < -0.4 is 5.32 Å². The molecule has 0 spiro atoms. The van der Waals surface area contributed by atoms with E-state index in [2.05, 4.69) is 77.4 Å². The molecule has 0 unspecified atom stereocenters. The van der Waals surface area contributed by atoms with Crippen molar-refractivity contribution in [1.82, 2.24) is 14.4 Å². The number of pyridine rings is 1. The van der Waals surface area contributed by atoms with E-state index in [9.17, 15) is 0 Å². The zero-order chi connectivity index (χ0) is 17.6. The van der Waals surface area contributed by atoms with Crippen LogP contribution in [-0.4, -0.2) is 14.4 Å². The highest BCUT2D eigenvalue weighted by Crippen LogP contribution is 2.30. The predicted molar refractivity (Wildman–Crippen MR) is 105 cm³/mol. The highest BCUT2D eigenvalue weighted by molar-refractivity contribution is 7.14. The van der Waals surface area contributed by atoms with Crippen LogP contribution in [0.15, 0.2) is 41.9 Å². The van der Waals surface area contributed by atoms with Crippen molar-refractivity contribution in [3.8, 4) is 11.4 Å². The van der Waals surface area contributed by atoms with Gasteiger partial charge in [-0.15, -0.1) is 11.3 Å². The second-order valence-electron chi connectivity index (χ2n) is 6.46. The van der Waals surface area contributed by atoms with Crippen molar-refractivity contribution in [2.75, 3.05) is 5.32 Å². The van der Waals surface area contributed by atoms with Crippen molar-refractivity contribution in [3.05, 3.63) is 64.3 Å². The maximum absolute atomic E-state index is 4.79. The number of anilines is 2. The molecule has 1 aromatic carbocycles. The van der Waals surface area contributed by atoms with Crippen LogP contribution in [0.25, 0.3) is 17.0 Å². The highest BCUT2D eigenvalue weighted by atomic mass is 32.1. The maximum Gasteiger partial charge on any atom is 0.187 e. The van der Waals surface area contributed by atoms with Gasteiger partial charge in [0.25, 0.3) is 0 Å². The number of rotatable bonds is 3. The van der Waals surface area contributed by atoms with Gasteiger partial charge in [0.15, 0.2) is 5.13 Å². The Bertz CT molecular complexity index is 1070. The summed E-state index contributed by atoms with van der Waals surface area (Å²) in [4.78, 5) is 9.47. The van der Waals surface area contributed by atoms with Crippen LogP contribution in [0.1, 0.15) is 22.4 Å². The van der Waals surface area contributed by atoms with Gasteiger partial charge in [-0.2, -0.15) is 0 Å². The standard InChI is InChI=1S/C20H20N4S/c1-12-5-6-16(14(3)9-12)22-20-23-17(11-25-20)19-15(4)21-18-10-13(2)7-8-24(18)19/h5-11H,1-4H3,(H,22,23). The van der Waals surface area contributed by atoms with Crippen LogP contribution >= 0.6 is 11.3 Å². The number of hydrogen-bond acceptors (Lipinski definition) is 4. The van der Waals surface area contributed by atoms with E-state index < -0.39 is 0 Å². The number of fused-ring (bicyclic) bond motifs is 1. The summed E-state index contributed by atoms with van der Waals surface area (Å²) in [5, 5.41) is 6.41. The quantitative estimate of drug-likeness (QED) is 0.536. The van der Waals surface area contributed by atoms with Gasteiger partial charge in [0.05, 0.1) is 11.4 Å². The van der Waals surface area contributed by atoms with Crippen molar-refractivity contribution in [1.29, 1.82) is 0 Å². The normalized spacial score (nSPS) is 11.2. The molecule has 0 aliphatic rings. The Morgan fingerprint density at radius 1 is 0.960 bits per heavy atom.